The zero-order chi connectivity index (χ0) is 18.4. The Labute approximate surface area is 160 Å². The maximum absolute atomic E-state index is 13.0. The highest BCUT2D eigenvalue weighted by Gasteiger charge is 2.51. The number of carbonyl (C=O) groups is 2. The van der Waals surface area contributed by atoms with Gasteiger partial charge in [0.05, 0.1) is 17.6 Å². The van der Waals surface area contributed by atoms with Crippen LogP contribution in [0.3, 0.4) is 0 Å². The van der Waals surface area contributed by atoms with Crippen LogP contribution < -0.4 is 0 Å². The van der Waals surface area contributed by atoms with Gasteiger partial charge in [0, 0.05) is 43.6 Å². The fourth-order valence-corrected chi connectivity index (χ4v) is 5.23. The van der Waals surface area contributed by atoms with E-state index in [9.17, 15) is 9.59 Å². The number of allylic oxidation sites excluding steroid dienone is 2. The van der Waals surface area contributed by atoms with Crippen LogP contribution in [0, 0.1) is 11.8 Å². The largest absolute Gasteiger partial charge is 0.348 e. The van der Waals surface area contributed by atoms with Gasteiger partial charge >= 0.3 is 0 Å². The number of hydrogen-bond acceptors (Lipinski definition) is 3. The summed E-state index contributed by atoms with van der Waals surface area (Å²) in [5.41, 5.74) is 1.90. The van der Waals surface area contributed by atoms with E-state index in [4.69, 9.17) is 0 Å². The Morgan fingerprint density at radius 2 is 1.85 bits per heavy atom. The number of hydrogen-bond donors (Lipinski definition) is 1. The number of likely N-dealkylation sites (tertiary alicyclic amines) is 1. The van der Waals surface area contributed by atoms with Crippen molar-refractivity contribution in [2.75, 3.05) is 19.6 Å². The standard InChI is InChI=1S/C21H28N4O2/c26-19(15-4-2-1-3-5-15)24-12-9-21(10-13-24)18-17(22-14-23-18)8-11-25(21)20(27)16-6-7-16/h1-2,14-16H,3-13H2,(H,22,23)/t15-/m0/s1. The van der Waals surface area contributed by atoms with Gasteiger partial charge in [-0.05, 0) is 44.9 Å². The third-order valence-electron chi connectivity index (χ3n) is 6.97. The first-order valence-electron chi connectivity index (χ1n) is 10.5. The van der Waals surface area contributed by atoms with Crippen molar-refractivity contribution in [1.29, 1.82) is 0 Å². The van der Waals surface area contributed by atoms with Gasteiger partial charge in [-0.3, -0.25) is 9.59 Å². The molecule has 0 aromatic carbocycles. The Balaban J connectivity index is 1.37. The van der Waals surface area contributed by atoms with Gasteiger partial charge < -0.3 is 14.8 Å². The summed E-state index contributed by atoms with van der Waals surface area (Å²) in [5.74, 6) is 0.963. The van der Waals surface area contributed by atoms with Crippen molar-refractivity contribution < 1.29 is 9.59 Å². The van der Waals surface area contributed by atoms with Crippen molar-refractivity contribution in [3.63, 3.8) is 0 Å². The lowest BCUT2D eigenvalue weighted by Gasteiger charge is -2.51. The fourth-order valence-electron chi connectivity index (χ4n) is 5.23. The van der Waals surface area contributed by atoms with Gasteiger partial charge in [0.2, 0.25) is 11.8 Å². The summed E-state index contributed by atoms with van der Waals surface area (Å²) >= 11 is 0. The molecular formula is C21H28N4O2. The van der Waals surface area contributed by atoms with E-state index in [1.54, 1.807) is 6.33 Å². The number of aromatic nitrogens is 2. The molecule has 144 valence electrons. The Bertz CT molecular complexity index is 771. The summed E-state index contributed by atoms with van der Waals surface area (Å²) in [6, 6.07) is 0. The smallest absolute Gasteiger partial charge is 0.226 e. The number of rotatable bonds is 2. The zero-order valence-electron chi connectivity index (χ0n) is 15.8. The van der Waals surface area contributed by atoms with Gasteiger partial charge in [-0.15, -0.1) is 0 Å². The number of nitrogens with zero attached hydrogens (tertiary/aromatic N) is 3. The summed E-state index contributed by atoms with van der Waals surface area (Å²) < 4.78 is 0. The van der Waals surface area contributed by atoms with Crippen LogP contribution >= 0.6 is 0 Å². The van der Waals surface area contributed by atoms with Gasteiger partial charge in [-0.25, -0.2) is 4.98 Å². The molecule has 1 saturated heterocycles. The van der Waals surface area contributed by atoms with Crippen molar-refractivity contribution >= 4 is 11.8 Å². The molecule has 2 amide bonds. The summed E-state index contributed by atoms with van der Waals surface area (Å²) in [7, 11) is 0. The molecule has 2 aliphatic carbocycles. The summed E-state index contributed by atoms with van der Waals surface area (Å²) in [6.45, 7) is 2.21. The molecule has 1 saturated carbocycles. The van der Waals surface area contributed by atoms with E-state index in [1.807, 2.05) is 4.90 Å². The Kier molecular flexibility index (Phi) is 4.10. The maximum Gasteiger partial charge on any atom is 0.226 e. The van der Waals surface area contributed by atoms with E-state index >= 15 is 0 Å². The molecule has 27 heavy (non-hydrogen) atoms. The molecule has 1 atom stereocenters. The number of amides is 2. The van der Waals surface area contributed by atoms with Gasteiger partial charge in [0.15, 0.2) is 0 Å². The van der Waals surface area contributed by atoms with Gasteiger partial charge in [-0.2, -0.15) is 0 Å². The van der Waals surface area contributed by atoms with Crippen LogP contribution in [0.4, 0.5) is 0 Å². The van der Waals surface area contributed by atoms with Crippen LogP contribution in [0.25, 0.3) is 0 Å². The molecule has 1 aromatic heterocycles. The van der Waals surface area contributed by atoms with Crippen molar-refractivity contribution in [3.8, 4) is 0 Å². The normalized spacial score (nSPS) is 26.9. The third kappa shape index (κ3) is 2.80. The number of carbonyl (C=O) groups excluding carboxylic acids is 2. The first-order valence-corrected chi connectivity index (χ1v) is 10.5. The van der Waals surface area contributed by atoms with Gasteiger partial charge in [-0.1, -0.05) is 12.2 Å². The number of H-pyrrole nitrogens is 1. The highest BCUT2D eigenvalue weighted by Crippen LogP contribution is 2.45. The maximum atomic E-state index is 13.0. The molecule has 3 heterocycles. The van der Waals surface area contributed by atoms with Crippen LogP contribution in [0.2, 0.25) is 0 Å². The molecule has 6 heteroatoms. The van der Waals surface area contributed by atoms with E-state index in [1.165, 1.54) is 5.69 Å². The summed E-state index contributed by atoms with van der Waals surface area (Å²) in [4.78, 5) is 38.1. The lowest BCUT2D eigenvalue weighted by Crippen LogP contribution is -2.59. The second-order valence-corrected chi connectivity index (χ2v) is 8.58. The summed E-state index contributed by atoms with van der Waals surface area (Å²) in [5, 5.41) is 0. The second kappa shape index (κ2) is 6.50. The predicted octanol–water partition coefficient (Wildman–Crippen LogP) is 2.38. The van der Waals surface area contributed by atoms with E-state index in [2.05, 4.69) is 27.0 Å². The molecule has 4 aliphatic rings. The highest BCUT2D eigenvalue weighted by atomic mass is 16.2. The molecule has 6 nitrogen and oxygen atoms in total. The second-order valence-electron chi connectivity index (χ2n) is 8.58. The molecule has 1 aromatic rings. The van der Waals surface area contributed by atoms with Crippen LogP contribution in [0.15, 0.2) is 18.5 Å². The zero-order valence-corrected chi connectivity index (χ0v) is 15.8. The molecule has 5 rings (SSSR count). The number of aromatic amines is 1. The topological polar surface area (TPSA) is 69.3 Å². The highest BCUT2D eigenvalue weighted by molar-refractivity contribution is 5.82. The van der Waals surface area contributed by atoms with Crippen molar-refractivity contribution in [2.24, 2.45) is 11.8 Å². The molecule has 0 unspecified atom stereocenters. The number of fused-ring (bicyclic) bond motifs is 2. The minimum atomic E-state index is -0.323. The lowest BCUT2D eigenvalue weighted by molar-refractivity contribution is -0.147. The average molecular weight is 368 g/mol. The molecular weight excluding hydrogens is 340 g/mol. The molecule has 2 fully saturated rings. The molecule has 2 aliphatic heterocycles. The molecule has 1 spiro atoms. The first kappa shape index (κ1) is 17.0. The number of piperidine rings is 1. The van der Waals surface area contributed by atoms with E-state index in [0.29, 0.717) is 11.8 Å². The SMILES string of the molecule is O=C([C@H]1CC=CCC1)N1CCC2(CC1)c1nc[nH]c1CCN2C(=O)C1CC1. The summed E-state index contributed by atoms with van der Waals surface area (Å²) in [6.07, 6.45) is 13.4. The quantitative estimate of drug-likeness (QED) is 0.815. The lowest BCUT2D eigenvalue weighted by atomic mass is 9.78. The third-order valence-corrected chi connectivity index (χ3v) is 6.97. The fraction of sp³-hybridized carbons (Fsp3) is 0.667. The average Bonchev–Trinajstić information content (AvgIpc) is 3.45. The van der Waals surface area contributed by atoms with Gasteiger partial charge in [0.1, 0.15) is 0 Å². The molecule has 1 N–H and O–H groups in total. The predicted molar refractivity (Wildman–Crippen MR) is 101 cm³/mol. The first-order chi connectivity index (χ1) is 13.2. The van der Waals surface area contributed by atoms with Crippen LogP contribution in [0.1, 0.15) is 56.3 Å². The van der Waals surface area contributed by atoms with Crippen LogP contribution in [-0.4, -0.2) is 51.2 Å². The Morgan fingerprint density at radius 1 is 1.04 bits per heavy atom. The number of nitrogens with one attached hydrogen (secondary N) is 1. The van der Waals surface area contributed by atoms with Crippen molar-refractivity contribution in [2.45, 2.75) is 56.9 Å². The monoisotopic (exact) mass is 368 g/mol. The van der Waals surface area contributed by atoms with Crippen molar-refractivity contribution in [1.82, 2.24) is 19.8 Å². The van der Waals surface area contributed by atoms with Crippen molar-refractivity contribution in [3.05, 3.63) is 29.9 Å². The van der Waals surface area contributed by atoms with Crippen LogP contribution in [-0.2, 0) is 21.5 Å². The van der Waals surface area contributed by atoms with E-state index in [0.717, 1.165) is 76.7 Å². The minimum Gasteiger partial charge on any atom is -0.348 e. The van der Waals surface area contributed by atoms with Gasteiger partial charge in [0.25, 0.3) is 0 Å². The molecule has 0 bridgehead atoms. The Hall–Kier alpha value is -2.11. The van der Waals surface area contributed by atoms with E-state index in [-0.39, 0.29) is 17.4 Å². The van der Waals surface area contributed by atoms with Crippen LogP contribution in [0.5, 0.6) is 0 Å². The number of imidazole rings is 1. The molecule has 0 radical (unpaired) electrons. The van der Waals surface area contributed by atoms with E-state index < -0.39 is 0 Å². The minimum absolute atomic E-state index is 0.139. The Morgan fingerprint density at radius 3 is 2.56 bits per heavy atom.